The summed E-state index contributed by atoms with van der Waals surface area (Å²) in [6, 6.07) is 13.3. The maximum atomic E-state index is 12.5. The Kier molecular flexibility index (Phi) is 6.45. The van der Waals surface area contributed by atoms with Gasteiger partial charge in [-0.15, -0.1) is 0 Å². The maximum absolute atomic E-state index is 12.5. The number of hydrogen-bond acceptors (Lipinski definition) is 3. The lowest BCUT2D eigenvalue weighted by Crippen LogP contribution is -2.45. The van der Waals surface area contributed by atoms with E-state index in [0.717, 1.165) is 17.0 Å². The molecular weight excluding hydrogens is 362 g/mol. The van der Waals surface area contributed by atoms with Gasteiger partial charge in [-0.2, -0.15) is 0 Å². The fourth-order valence-electron chi connectivity index (χ4n) is 3.29. The van der Waals surface area contributed by atoms with Crippen molar-refractivity contribution in [1.82, 2.24) is 15.2 Å². The first-order chi connectivity index (χ1) is 13.0. The van der Waals surface area contributed by atoms with Gasteiger partial charge in [0.2, 0.25) is 11.8 Å². The zero-order valence-electron chi connectivity index (χ0n) is 15.5. The Morgan fingerprint density at radius 2 is 2.04 bits per heavy atom. The fraction of sp³-hybridized carbons (Fsp3) is 0.381. The standard InChI is InChI=1S/C21H24ClN3O2/c1-15-3-2-4-19(24-15)11-12-23-21(27)17-7-10-20(26)25(14-17)13-16-5-8-18(22)9-6-16/h2-6,8-9,17H,7,10-14H2,1H3,(H,23,27)/t17-/m0/s1. The Labute approximate surface area is 164 Å². The number of halogens is 1. The molecule has 0 bridgehead atoms. The summed E-state index contributed by atoms with van der Waals surface area (Å²) in [5, 5.41) is 3.66. The van der Waals surface area contributed by atoms with Gasteiger partial charge in [-0.3, -0.25) is 14.6 Å². The van der Waals surface area contributed by atoms with Crippen molar-refractivity contribution in [3.05, 3.63) is 64.4 Å². The van der Waals surface area contributed by atoms with E-state index < -0.39 is 0 Å². The molecule has 1 N–H and O–H groups in total. The second-order valence-corrected chi connectivity index (χ2v) is 7.38. The molecule has 2 aromatic rings. The van der Waals surface area contributed by atoms with Gasteiger partial charge >= 0.3 is 0 Å². The number of carbonyl (C=O) groups excluding carboxylic acids is 2. The third kappa shape index (κ3) is 5.54. The van der Waals surface area contributed by atoms with Crippen LogP contribution in [0.4, 0.5) is 0 Å². The van der Waals surface area contributed by atoms with Crippen molar-refractivity contribution in [3.63, 3.8) is 0 Å². The van der Waals surface area contributed by atoms with Gasteiger partial charge in [-0.25, -0.2) is 0 Å². The molecule has 6 heteroatoms. The first kappa shape index (κ1) is 19.4. The summed E-state index contributed by atoms with van der Waals surface area (Å²) in [5.41, 5.74) is 2.96. The minimum absolute atomic E-state index is 0.0104. The number of nitrogens with zero attached hydrogens (tertiary/aromatic N) is 2. The number of nitrogens with one attached hydrogen (secondary N) is 1. The van der Waals surface area contributed by atoms with Crippen LogP contribution in [-0.4, -0.2) is 34.8 Å². The van der Waals surface area contributed by atoms with Gasteiger partial charge in [0.1, 0.15) is 0 Å². The van der Waals surface area contributed by atoms with Crippen LogP contribution in [0.3, 0.4) is 0 Å². The van der Waals surface area contributed by atoms with Crippen molar-refractivity contribution >= 4 is 23.4 Å². The molecule has 5 nitrogen and oxygen atoms in total. The second-order valence-electron chi connectivity index (χ2n) is 6.95. The summed E-state index contributed by atoms with van der Waals surface area (Å²) in [6.07, 6.45) is 1.71. The van der Waals surface area contributed by atoms with Gasteiger partial charge in [-0.1, -0.05) is 29.8 Å². The number of aryl methyl sites for hydroxylation is 1. The molecule has 0 unspecified atom stereocenters. The van der Waals surface area contributed by atoms with E-state index in [2.05, 4.69) is 10.3 Å². The van der Waals surface area contributed by atoms with Gasteiger partial charge in [0.15, 0.2) is 0 Å². The molecule has 142 valence electrons. The molecule has 0 radical (unpaired) electrons. The van der Waals surface area contributed by atoms with E-state index in [1.807, 2.05) is 49.4 Å². The molecule has 1 saturated heterocycles. The van der Waals surface area contributed by atoms with Crippen molar-refractivity contribution < 1.29 is 9.59 Å². The normalized spacial score (nSPS) is 17.0. The molecule has 27 heavy (non-hydrogen) atoms. The maximum Gasteiger partial charge on any atom is 0.224 e. The SMILES string of the molecule is Cc1cccc(CCNC(=O)[C@H]2CCC(=O)N(Cc3ccc(Cl)cc3)C2)n1. The monoisotopic (exact) mass is 385 g/mol. The summed E-state index contributed by atoms with van der Waals surface area (Å²) in [7, 11) is 0. The van der Waals surface area contributed by atoms with Gasteiger partial charge < -0.3 is 10.2 Å². The number of benzene rings is 1. The molecule has 1 aliphatic rings. The molecule has 0 aliphatic carbocycles. The van der Waals surface area contributed by atoms with E-state index >= 15 is 0 Å². The van der Waals surface area contributed by atoms with Crippen LogP contribution in [0, 0.1) is 12.8 Å². The largest absolute Gasteiger partial charge is 0.355 e. The number of aromatic nitrogens is 1. The highest BCUT2D eigenvalue weighted by atomic mass is 35.5. The predicted octanol–water partition coefficient (Wildman–Crippen LogP) is 3.14. The Bertz CT molecular complexity index is 807. The van der Waals surface area contributed by atoms with Crippen molar-refractivity contribution in [1.29, 1.82) is 0 Å². The Balaban J connectivity index is 1.51. The van der Waals surface area contributed by atoms with Crippen molar-refractivity contribution in [3.8, 4) is 0 Å². The molecule has 0 saturated carbocycles. The number of likely N-dealkylation sites (tertiary alicyclic amines) is 1. The molecule has 0 spiro atoms. The zero-order valence-corrected chi connectivity index (χ0v) is 16.2. The van der Waals surface area contributed by atoms with Crippen LogP contribution < -0.4 is 5.32 Å². The molecule has 1 atom stereocenters. The van der Waals surface area contributed by atoms with Gasteiger partial charge in [-0.05, 0) is 43.2 Å². The Morgan fingerprint density at radius 3 is 2.78 bits per heavy atom. The van der Waals surface area contributed by atoms with Crippen molar-refractivity contribution in [2.75, 3.05) is 13.1 Å². The molecule has 3 rings (SSSR count). The van der Waals surface area contributed by atoms with Crippen LogP contribution in [0.15, 0.2) is 42.5 Å². The van der Waals surface area contributed by atoms with E-state index in [-0.39, 0.29) is 17.7 Å². The summed E-state index contributed by atoms with van der Waals surface area (Å²) in [4.78, 5) is 30.9. The van der Waals surface area contributed by atoms with E-state index in [0.29, 0.717) is 43.9 Å². The zero-order chi connectivity index (χ0) is 19.2. The van der Waals surface area contributed by atoms with Crippen LogP contribution in [0.25, 0.3) is 0 Å². The van der Waals surface area contributed by atoms with Gasteiger partial charge in [0.25, 0.3) is 0 Å². The highest BCUT2D eigenvalue weighted by molar-refractivity contribution is 6.30. The molecule has 1 aromatic heterocycles. The van der Waals surface area contributed by atoms with E-state index in [9.17, 15) is 9.59 Å². The molecule has 1 aliphatic heterocycles. The second kappa shape index (κ2) is 9.00. The topological polar surface area (TPSA) is 62.3 Å². The molecule has 1 aromatic carbocycles. The van der Waals surface area contributed by atoms with Crippen LogP contribution in [0.5, 0.6) is 0 Å². The molecular formula is C21H24ClN3O2. The van der Waals surface area contributed by atoms with E-state index in [4.69, 9.17) is 11.6 Å². The van der Waals surface area contributed by atoms with Crippen molar-refractivity contribution in [2.45, 2.75) is 32.7 Å². The highest BCUT2D eigenvalue weighted by Gasteiger charge is 2.30. The average molecular weight is 386 g/mol. The Morgan fingerprint density at radius 1 is 1.26 bits per heavy atom. The lowest BCUT2D eigenvalue weighted by Gasteiger charge is -2.32. The number of rotatable bonds is 6. The number of piperidine rings is 1. The number of pyridine rings is 1. The fourth-order valence-corrected chi connectivity index (χ4v) is 3.41. The third-order valence-corrected chi connectivity index (χ3v) is 5.04. The quantitative estimate of drug-likeness (QED) is 0.830. The smallest absolute Gasteiger partial charge is 0.224 e. The predicted molar refractivity (Wildman–Crippen MR) is 105 cm³/mol. The average Bonchev–Trinajstić information content (AvgIpc) is 2.65. The summed E-state index contributed by atoms with van der Waals surface area (Å²) in [5.74, 6) is -0.0605. The molecule has 1 fully saturated rings. The Hall–Kier alpha value is -2.40. The minimum atomic E-state index is -0.166. The summed E-state index contributed by atoms with van der Waals surface area (Å²) in [6.45, 7) is 3.47. The van der Waals surface area contributed by atoms with E-state index in [1.165, 1.54) is 0 Å². The first-order valence-electron chi connectivity index (χ1n) is 9.24. The van der Waals surface area contributed by atoms with Crippen LogP contribution >= 0.6 is 11.6 Å². The minimum Gasteiger partial charge on any atom is -0.355 e. The van der Waals surface area contributed by atoms with Crippen LogP contribution in [0.1, 0.15) is 29.8 Å². The van der Waals surface area contributed by atoms with Crippen molar-refractivity contribution in [2.24, 2.45) is 5.92 Å². The molecule has 2 heterocycles. The van der Waals surface area contributed by atoms with Gasteiger partial charge in [0, 0.05) is 48.9 Å². The van der Waals surface area contributed by atoms with Crippen LogP contribution in [0.2, 0.25) is 5.02 Å². The van der Waals surface area contributed by atoms with E-state index in [1.54, 1.807) is 4.90 Å². The summed E-state index contributed by atoms with van der Waals surface area (Å²) >= 11 is 5.91. The van der Waals surface area contributed by atoms with Crippen LogP contribution in [-0.2, 0) is 22.6 Å². The lowest BCUT2D eigenvalue weighted by atomic mass is 9.96. The number of hydrogen-bond donors (Lipinski definition) is 1. The summed E-state index contributed by atoms with van der Waals surface area (Å²) < 4.78 is 0. The highest BCUT2D eigenvalue weighted by Crippen LogP contribution is 2.20. The number of amides is 2. The first-order valence-corrected chi connectivity index (χ1v) is 9.61. The lowest BCUT2D eigenvalue weighted by molar-refractivity contribution is -0.138. The molecule has 2 amide bonds. The third-order valence-electron chi connectivity index (χ3n) is 4.78. The van der Waals surface area contributed by atoms with Gasteiger partial charge in [0.05, 0.1) is 5.92 Å². The number of carbonyl (C=O) groups is 2.